The van der Waals surface area contributed by atoms with Crippen molar-refractivity contribution >= 4 is 23.1 Å². The molecule has 0 spiro atoms. The van der Waals surface area contributed by atoms with Gasteiger partial charge in [-0.25, -0.2) is 0 Å². The van der Waals surface area contributed by atoms with Gasteiger partial charge >= 0.3 is 23.1 Å². The van der Waals surface area contributed by atoms with Crippen LogP contribution in [0.4, 0.5) is 9.41 Å². The average Bonchev–Trinajstić information content (AvgIpc) is 0. The Labute approximate surface area is 48.0 Å². The van der Waals surface area contributed by atoms with Gasteiger partial charge in [-0.2, -0.15) is 0 Å². The predicted molar refractivity (Wildman–Crippen MR) is 14.4 cm³/mol. The standard InChI is InChI=1S/4FH.Mg.H2O/h4*1H;;1H2/q;;;;+2;/p-2. The Morgan fingerprint density at radius 1 is 0.667 bits per heavy atom. The molecule has 1 nitrogen and oxygen atoms in total. The van der Waals surface area contributed by atoms with Gasteiger partial charge in [0.15, 0.2) is 0 Å². The summed E-state index contributed by atoms with van der Waals surface area (Å²) in [6.45, 7) is 0. The predicted octanol–water partition coefficient (Wildman–Crippen LogP) is -6.89. The molecule has 0 saturated heterocycles. The molecule has 2 N–H and O–H groups in total. The Kier molecular flexibility index (Phi) is 86500. The van der Waals surface area contributed by atoms with Gasteiger partial charge in [0, 0.05) is 0 Å². The fourth-order valence-corrected chi connectivity index (χ4v) is 0. The van der Waals surface area contributed by atoms with E-state index >= 15 is 0 Å². The molecular weight excluding hydrogens is 116 g/mol. The fraction of sp³-hybridized carbons (Fsp3) is 0. The molecule has 0 aliphatic carbocycles. The summed E-state index contributed by atoms with van der Waals surface area (Å²) in [6, 6.07) is 0. The van der Waals surface area contributed by atoms with Crippen LogP contribution in [0.3, 0.4) is 0 Å². The first-order chi connectivity index (χ1) is 0. The Morgan fingerprint density at radius 2 is 0.667 bits per heavy atom. The van der Waals surface area contributed by atoms with Crippen molar-refractivity contribution < 1.29 is 24.3 Å². The molecule has 0 saturated carbocycles. The van der Waals surface area contributed by atoms with Crippen LogP contribution in [0.1, 0.15) is 0 Å². The Bertz CT molecular complexity index is 7.51. The van der Waals surface area contributed by atoms with Crippen molar-refractivity contribution in [2.45, 2.75) is 0 Å². The Hall–Kier alpha value is 0.446. The van der Waals surface area contributed by atoms with Gasteiger partial charge in [0.2, 0.25) is 0 Å². The zero-order chi connectivity index (χ0) is 0. The Balaban J connectivity index is 0. The first-order valence-electron chi connectivity index (χ1n) is 0. The molecule has 0 aliphatic heterocycles. The van der Waals surface area contributed by atoms with Gasteiger partial charge in [-0.3, -0.25) is 9.41 Å². The van der Waals surface area contributed by atoms with Crippen molar-refractivity contribution in [2.75, 3.05) is 0 Å². The van der Waals surface area contributed by atoms with E-state index in [4.69, 9.17) is 0 Å². The maximum Gasteiger partial charge on any atom is 2.00 e. The van der Waals surface area contributed by atoms with E-state index in [1.165, 1.54) is 0 Å². The van der Waals surface area contributed by atoms with Crippen LogP contribution in [0.15, 0.2) is 0 Å². The maximum atomic E-state index is 0. The quantitative estimate of drug-likeness (QED) is 0.225. The van der Waals surface area contributed by atoms with E-state index in [1.807, 2.05) is 0 Å². The second kappa shape index (κ2) is 541. The molecule has 40 valence electrons. The van der Waals surface area contributed by atoms with Crippen molar-refractivity contribution in [3.05, 3.63) is 0 Å². The van der Waals surface area contributed by atoms with Crippen LogP contribution in [0.2, 0.25) is 0 Å². The number of halogens is 4. The summed E-state index contributed by atoms with van der Waals surface area (Å²) in [5, 5.41) is 0. The summed E-state index contributed by atoms with van der Waals surface area (Å²) in [5.74, 6) is 0. The molecule has 0 aromatic rings. The van der Waals surface area contributed by atoms with Gasteiger partial charge < -0.3 is 14.9 Å². The third-order valence-electron chi connectivity index (χ3n) is 0. The van der Waals surface area contributed by atoms with Crippen LogP contribution in [-0.2, 0) is 0 Å². The van der Waals surface area contributed by atoms with Crippen LogP contribution in [0.25, 0.3) is 0 Å². The minimum Gasteiger partial charge on any atom is -1.00 e. The van der Waals surface area contributed by atoms with Gasteiger partial charge in [-0.1, -0.05) is 0 Å². The van der Waals surface area contributed by atoms with E-state index in [9.17, 15) is 0 Å². The summed E-state index contributed by atoms with van der Waals surface area (Å²) in [4.78, 5) is 0. The molecule has 0 atom stereocenters. The average molecular weight is 120 g/mol. The monoisotopic (exact) mass is 120 g/mol. The van der Waals surface area contributed by atoms with Gasteiger partial charge in [0.05, 0.1) is 0 Å². The molecule has 0 rings (SSSR count). The molecule has 0 unspecified atom stereocenters. The van der Waals surface area contributed by atoms with Crippen LogP contribution in [-0.4, -0.2) is 28.5 Å². The number of rotatable bonds is 0. The molecule has 0 fully saturated rings. The number of hydrogen-bond acceptors (Lipinski definition) is 0. The number of hydrogen-bond donors (Lipinski definition) is 0. The summed E-state index contributed by atoms with van der Waals surface area (Å²) in [7, 11) is 0. The van der Waals surface area contributed by atoms with Gasteiger partial charge in [-0.05, 0) is 0 Å². The van der Waals surface area contributed by atoms with E-state index in [2.05, 4.69) is 0 Å². The molecule has 6 heteroatoms. The third kappa shape index (κ3) is 265. The van der Waals surface area contributed by atoms with E-state index in [-0.39, 0.29) is 47.3 Å². The zero-order valence-electron chi connectivity index (χ0n) is 2.78. The minimum absolute atomic E-state index is 0. The second-order valence-corrected chi connectivity index (χ2v) is 0. The van der Waals surface area contributed by atoms with Gasteiger partial charge in [-0.15, -0.1) is 0 Å². The fourth-order valence-electron chi connectivity index (χ4n) is 0. The summed E-state index contributed by atoms with van der Waals surface area (Å²) < 4.78 is 0. The molecule has 0 heterocycles. The van der Waals surface area contributed by atoms with Crippen molar-refractivity contribution in [1.82, 2.24) is 0 Å². The molecular formula is H4F4MgO. The van der Waals surface area contributed by atoms with Crippen LogP contribution in [0.5, 0.6) is 0 Å². The smallest absolute Gasteiger partial charge is 1.00 e. The molecule has 0 aliphatic rings. The molecule has 0 amide bonds. The topological polar surface area (TPSA) is 31.5 Å². The second-order valence-electron chi connectivity index (χ2n) is 0. The van der Waals surface area contributed by atoms with Crippen molar-refractivity contribution in [1.29, 1.82) is 0 Å². The molecule has 6 heavy (non-hydrogen) atoms. The van der Waals surface area contributed by atoms with Crippen LogP contribution in [0, 0.1) is 0 Å². The van der Waals surface area contributed by atoms with E-state index in [1.54, 1.807) is 0 Å². The van der Waals surface area contributed by atoms with Gasteiger partial charge in [0.1, 0.15) is 0 Å². The third-order valence-corrected chi connectivity index (χ3v) is 0. The SMILES string of the molecule is F.F.O.[F-].[F-].[Mg+2]. The first-order valence-corrected chi connectivity index (χ1v) is 0. The summed E-state index contributed by atoms with van der Waals surface area (Å²) >= 11 is 0. The minimum atomic E-state index is 0. The normalized spacial score (nSPS) is 0. The van der Waals surface area contributed by atoms with Gasteiger partial charge in [0.25, 0.3) is 0 Å². The molecule has 0 aromatic carbocycles. The molecule has 0 bridgehead atoms. The van der Waals surface area contributed by atoms with Crippen molar-refractivity contribution in [3.8, 4) is 0 Å². The first kappa shape index (κ1) is 960. The van der Waals surface area contributed by atoms with Crippen molar-refractivity contribution in [3.63, 3.8) is 0 Å². The maximum absolute atomic E-state index is 0. The zero-order valence-corrected chi connectivity index (χ0v) is 4.19. The molecule has 0 aromatic heterocycles. The Morgan fingerprint density at radius 3 is 0.667 bits per heavy atom. The van der Waals surface area contributed by atoms with E-state index < -0.39 is 0 Å². The largest absolute Gasteiger partial charge is 2.00 e. The van der Waals surface area contributed by atoms with Crippen molar-refractivity contribution in [2.24, 2.45) is 0 Å². The summed E-state index contributed by atoms with van der Waals surface area (Å²) in [5.41, 5.74) is 0. The van der Waals surface area contributed by atoms with Crippen LogP contribution >= 0.6 is 0 Å². The van der Waals surface area contributed by atoms with E-state index in [0.717, 1.165) is 0 Å². The summed E-state index contributed by atoms with van der Waals surface area (Å²) in [6.07, 6.45) is 0. The van der Waals surface area contributed by atoms with E-state index in [0.29, 0.717) is 0 Å². The van der Waals surface area contributed by atoms with Crippen LogP contribution < -0.4 is 9.41 Å². The molecule has 0 radical (unpaired) electrons.